The lowest BCUT2D eigenvalue weighted by Gasteiger charge is -2.09. The highest BCUT2D eigenvalue weighted by Crippen LogP contribution is 2.24. The maximum absolute atomic E-state index is 4.64. The lowest BCUT2D eigenvalue weighted by Crippen LogP contribution is -1.97. The van der Waals surface area contributed by atoms with Gasteiger partial charge in [0.05, 0.1) is 0 Å². The third-order valence-electron chi connectivity index (χ3n) is 3.23. The molecule has 0 spiro atoms. The van der Waals surface area contributed by atoms with Crippen LogP contribution in [0.25, 0.3) is 11.1 Å². The zero-order valence-corrected chi connectivity index (χ0v) is 12.0. The van der Waals surface area contributed by atoms with Crippen molar-refractivity contribution in [2.75, 3.05) is 11.9 Å². The summed E-state index contributed by atoms with van der Waals surface area (Å²) >= 11 is 0. The number of hydrogen-bond donors (Lipinski definition) is 1. The molecular formula is C17H22N2. The summed E-state index contributed by atoms with van der Waals surface area (Å²) in [5.74, 6) is 0. The molecule has 0 saturated carbocycles. The smallest absolute Gasteiger partial charge is 0.0410 e. The molecule has 1 heterocycles. The van der Waals surface area contributed by atoms with E-state index >= 15 is 0 Å². The van der Waals surface area contributed by atoms with Crippen molar-refractivity contribution in [1.29, 1.82) is 0 Å². The fraction of sp³-hybridized carbons (Fsp3) is 0.353. The van der Waals surface area contributed by atoms with Crippen molar-refractivity contribution in [2.45, 2.75) is 33.6 Å². The van der Waals surface area contributed by atoms with E-state index in [1.165, 1.54) is 28.2 Å². The lowest BCUT2D eigenvalue weighted by atomic mass is 10.0. The minimum absolute atomic E-state index is 0.945. The van der Waals surface area contributed by atoms with Crippen LogP contribution >= 0.6 is 0 Å². The number of rotatable bonds is 5. The molecule has 0 bridgehead atoms. The average molecular weight is 254 g/mol. The molecule has 0 radical (unpaired) electrons. The van der Waals surface area contributed by atoms with Gasteiger partial charge in [-0.15, -0.1) is 0 Å². The quantitative estimate of drug-likeness (QED) is 0.860. The Morgan fingerprint density at radius 2 is 1.58 bits per heavy atom. The van der Waals surface area contributed by atoms with Crippen molar-refractivity contribution in [1.82, 2.24) is 4.98 Å². The molecule has 1 N–H and O–H groups in total. The summed E-state index contributed by atoms with van der Waals surface area (Å²) in [6.45, 7) is 7.37. The normalized spacial score (nSPS) is 10.5. The number of hydrogen-bond acceptors (Lipinski definition) is 2. The molecule has 2 rings (SSSR count). The highest BCUT2D eigenvalue weighted by Gasteiger charge is 2.04. The van der Waals surface area contributed by atoms with Crippen molar-refractivity contribution in [3.8, 4) is 11.1 Å². The molecule has 0 aliphatic carbocycles. The Hall–Kier alpha value is -1.83. The molecule has 0 amide bonds. The van der Waals surface area contributed by atoms with Crippen LogP contribution in [0, 0.1) is 0 Å². The Kier molecular flexibility index (Phi) is 4.56. The van der Waals surface area contributed by atoms with Crippen molar-refractivity contribution < 1.29 is 0 Å². The standard InChI is InChI=1S/C17H22N2/c1-4-15-11-14(12-16(5-2)19-15)13-8-7-9-17(10-13)18-6-3/h7-12,18H,4-6H2,1-3H3. The van der Waals surface area contributed by atoms with Gasteiger partial charge in [0.1, 0.15) is 0 Å². The lowest BCUT2D eigenvalue weighted by molar-refractivity contribution is 0.956. The SMILES string of the molecule is CCNc1cccc(-c2cc(CC)nc(CC)c2)c1. The van der Waals surface area contributed by atoms with Gasteiger partial charge in [-0.05, 0) is 55.2 Å². The number of aromatic nitrogens is 1. The summed E-state index contributed by atoms with van der Waals surface area (Å²) in [6.07, 6.45) is 1.96. The van der Waals surface area contributed by atoms with Gasteiger partial charge in [-0.25, -0.2) is 0 Å². The van der Waals surface area contributed by atoms with Crippen LogP contribution in [0.3, 0.4) is 0 Å². The van der Waals surface area contributed by atoms with Gasteiger partial charge in [-0.2, -0.15) is 0 Å². The van der Waals surface area contributed by atoms with E-state index in [0.29, 0.717) is 0 Å². The zero-order chi connectivity index (χ0) is 13.7. The first-order valence-electron chi connectivity index (χ1n) is 7.11. The van der Waals surface area contributed by atoms with Crippen LogP contribution < -0.4 is 5.32 Å². The number of nitrogens with zero attached hydrogens (tertiary/aromatic N) is 1. The van der Waals surface area contributed by atoms with Crippen LogP contribution in [0.5, 0.6) is 0 Å². The number of pyridine rings is 1. The Bertz CT molecular complexity index is 524. The van der Waals surface area contributed by atoms with Gasteiger partial charge < -0.3 is 5.32 Å². The van der Waals surface area contributed by atoms with E-state index in [2.05, 4.69) is 67.5 Å². The monoisotopic (exact) mass is 254 g/mol. The molecule has 1 aromatic heterocycles. The molecule has 0 fully saturated rings. The van der Waals surface area contributed by atoms with Gasteiger partial charge in [0.2, 0.25) is 0 Å². The number of nitrogens with one attached hydrogen (secondary N) is 1. The molecule has 19 heavy (non-hydrogen) atoms. The Labute approximate surface area is 115 Å². The molecule has 0 aliphatic rings. The molecule has 0 saturated heterocycles. The first-order valence-corrected chi connectivity index (χ1v) is 7.11. The highest BCUT2D eigenvalue weighted by atomic mass is 14.8. The van der Waals surface area contributed by atoms with E-state index < -0.39 is 0 Å². The van der Waals surface area contributed by atoms with Crippen molar-refractivity contribution in [2.24, 2.45) is 0 Å². The molecule has 1 aromatic carbocycles. The summed E-state index contributed by atoms with van der Waals surface area (Å²) in [4.78, 5) is 4.64. The molecule has 0 unspecified atom stereocenters. The number of benzene rings is 1. The molecule has 2 heteroatoms. The molecule has 100 valence electrons. The Morgan fingerprint density at radius 3 is 2.16 bits per heavy atom. The van der Waals surface area contributed by atoms with E-state index in [-0.39, 0.29) is 0 Å². The van der Waals surface area contributed by atoms with Gasteiger partial charge in [0.15, 0.2) is 0 Å². The molecule has 2 aromatic rings. The van der Waals surface area contributed by atoms with Gasteiger partial charge >= 0.3 is 0 Å². The topological polar surface area (TPSA) is 24.9 Å². The van der Waals surface area contributed by atoms with Crippen LogP contribution in [0.15, 0.2) is 36.4 Å². The fourth-order valence-corrected chi connectivity index (χ4v) is 2.19. The predicted molar refractivity (Wildman–Crippen MR) is 82.6 cm³/mol. The van der Waals surface area contributed by atoms with Crippen molar-refractivity contribution in [3.05, 3.63) is 47.8 Å². The average Bonchev–Trinajstić information content (AvgIpc) is 2.47. The first-order chi connectivity index (χ1) is 9.26. The van der Waals surface area contributed by atoms with Crippen molar-refractivity contribution >= 4 is 5.69 Å². The van der Waals surface area contributed by atoms with E-state index in [1.807, 2.05) is 0 Å². The van der Waals surface area contributed by atoms with Gasteiger partial charge in [0, 0.05) is 23.6 Å². The van der Waals surface area contributed by atoms with Crippen LogP contribution in [0.2, 0.25) is 0 Å². The van der Waals surface area contributed by atoms with Gasteiger partial charge in [0.25, 0.3) is 0 Å². The second-order valence-corrected chi connectivity index (χ2v) is 4.66. The summed E-state index contributed by atoms with van der Waals surface area (Å²) in [5.41, 5.74) is 6.04. The number of anilines is 1. The minimum atomic E-state index is 0.945. The summed E-state index contributed by atoms with van der Waals surface area (Å²) in [5, 5.41) is 3.36. The minimum Gasteiger partial charge on any atom is -0.385 e. The van der Waals surface area contributed by atoms with E-state index in [1.54, 1.807) is 0 Å². The Balaban J connectivity index is 2.42. The van der Waals surface area contributed by atoms with E-state index in [4.69, 9.17) is 0 Å². The highest BCUT2D eigenvalue weighted by molar-refractivity contribution is 5.68. The number of aryl methyl sites for hydroxylation is 2. The second kappa shape index (κ2) is 6.37. The maximum Gasteiger partial charge on any atom is 0.0410 e. The van der Waals surface area contributed by atoms with Crippen LogP contribution in [0.1, 0.15) is 32.2 Å². The second-order valence-electron chi connectivity index (χ2n) is 4.66. The Morgan fingerprint density at radius 1 is 0.895 bits per heavy atom. The third-order valence-corrected chi connectivity index (χ3v) is 3.23. The molecule has 2 nitrogen and oxygen atoms in total. The van der Waals surface area contributed by atoms with E-state index in [9.17, 15) is 0 Å². The summed E-state index contributed by atoms with van der Waals surface area (Å²) in [6, 6.07) is 13.0. The van der Waals surface area contributed by atoms with Crippen molar-refractivity contribution in [3.63, 3.8) is 0 Å². The summed E-state index contributed by atoms with van der Waals surface area (Å²) in [7, 11) is 0. The molecule has 0 atom stereocenters. The van der Waals surface area contributed by atoms with Crippen LogP contribution in [-0.2, 0) is 12.8 Å². The third kappa shape index (κ3) is 3.34. The van der Waals surface area contributed by atoms with Gasteiger partial charge in [-0.1, -0.05) is 26.0 Å². The van der Waals surface area contributed by atoms with Crippen LogP contribution in [-0.4, -0.2) is 11.5 Å². The molecule has 0 aliphatic heterocycles. The largest absolute Gasteiger partial charge is 0.385 e. The predicted octanol–water partition coefficient (Wildman–Crippen LogP) is 4.31. The summed E-state index contributed by atoms with van der Waals surface area (Å²) < 4.78 is 0. The van der Waals surface area contributed by atoms with Gasteiger partial charge in [-0.3, -0.25) is 4.98 Å². The van der Waals surface area contributed by atoms with E-state index in [0.717, 1.165) is 19.4 Å². The first kappa shape index (κ1) is 13.6. The zero-order valence-electron chi connectivity index (χ0n) is 12.0. The fourth-order valence-electron chi connectivity index (χ4n) is 2.19. The van der Waals surface area contributed by atoms with Crippen LogP contribution in [0.4, 0.5) is 5.69 Å². The molecular weight excluding hydrogens is 232 g/mol. The maximum atomic E-state index is 4.64.